The van der Waals surface area contributed by atoms with Crippen molar-refractivity contribution in [3.63, 3.8) is 0 Å². The maximum atomic E-state index is 5.02. The summed E-state index contributed by atoms with van der Waals surface area (Å²) in [5.41, 5.74) is 9.31. The van der Waals surface area contributed by atoms with Crippen molar-refractivity contribution in [2.24, 2.45) is 5.92 Å². The van der Waals surface area contributed by atoms with Crippen LogP contribution in [0.2, 0.25) is 0 Å². The zero-order chi connectivity index (χ0) is 24.3. The first-order chi connectivity index (χ1) is 16.8. The predicted octanol–water partition coefficient (Wildman–Crippen LogP) is 8.77. The fraction of sp³-hybridized carbons (Fsp3) is 0.312. The van der Waals surface area contributed by atoms with Crippen LogP contribution in [0.1, 0.15) is 56.2 Å². The minimum Gasteiger partial charge on any atom is -0.264 e. The van der Waals surface area contributed by atoms with Crippen LogP contribution in [0, 0.1) is 5.92 Å². The van der Waals surface area contributed by atoms with E-state index >= 15 is 0 Å². The zero-order valence-electron chi connectivity index (χ0n) is 21.3. The van der Waals surface area contributed by atoms with Gasteiger partial charge in [-0.1, -0.05) is 58.9 Å². The van der Waals surface area contributed by atoms with Gasteiger partial charge in [0.05, 0.1) is 5.69 Å². The van der Waals surface area contributed by atoms with Crippen LogP contribution in [0.4, 0.5) is 0 Å². The van der Waals surface area contributed by atoms with E-state index in [1.54, 1.807) is 0 Å². The van der Waals surface area contributed by atoms with E-state index < -0.39 is 0 Å². The molecule has 0 amide bonds. The average molecular weight is 477 g/mol. The minimum atomic E-state index is 0.0415. The van der Waals surface area contributed by atoms with E-state index in [9.17, 15) is 0 Å². The standard InChI is InChI=1S/C32H32N2S/c1-19(2)14-22-17-33-18-25-23(22)10-11-27-29(25)30-28(35-27)12-13-34-31(30)21-15-20-8-6-7-9-24(20)26(16-21)32(3,4)5/h6-9,12-13,15-19H,10-11,14H2,1-5H3. The van der Waals surface area contributed by atoms with Gasteiger partial charge in [-0.2, -0.15) is 0 Å². The molecule has 0 aliphatic heterocycles. The molecule has 5 aromatic rings. The summed E-state index contributed by atoms with van der Waals surface area (Å²) in [5, 5.41) is 3.90. The number of aryl methyl sites for hydroxylation is 1. The van der Waals surface area contributed by atoms with Crippen molar-refractivity contribution < 1.29 is 0 Å². The molecule has 0 bridgehead atoms. The van der Waals surface area contributed by atoms with Crippen LogP contribution in [-0.2, 0) is 24.7 Å². The zero-order valence-corrected chi connectivity index (χ0v) is 22.1. The van der Waals surface area contributed by atoms with Crippen LogP contribution >= 0.6 is 11.3 Å². The van der Waals surface area contributed by atoms with Crippen LogP contribution < -0.4 is 0 Å². The van der Waals surface area contributed by atoms with Crippen molar-refractivity contribution >= 4 is 32.2 Å². The van der Waals surface area contributed by atoms with Crippen LogP contribution in [-0.4, -0.2) is 9.97 Å². The molecule has 2 aromatic carbocycles. The van der Waals surface area contributed by atoms with Crippen LogP contribution in [0.3, 0.4) is 0 Å². The summed E-state index contributed by atoms with van der Waals surface area (Å²) in [4.78, 5) is 11.2. The molecule has 0 saturated heterocycles. The second-order valence-corrected chi connectivity index (χ2v) is 12.5. The third-order valence-corrected chi connectivity index (χ3v) is 8.48. The van der Waals surface area contributed by atoms with Crippen molar-refractivity contribution in [1.29, 1.82) is 0 Å². The maximum absolute atomic E-state index is 5.02. The van der Waals surface area contributed by atoms with E-state index in [1.165, 1.54) is 59.1 Å². The summed E-state index contributed by atoms with van der Waals surface area (Å²) in [5.74, 6) is 0.620. The highest BCUT2D eigenvalue weighted by Gasteiger charge is 2.27. The average Bonchev–Trinajstić information content (AvgIpc) is 3.22. The van der Waals surface area contributed by atoms with Gasteiger partial charge >= 0.3 is 0 Å². The second kappa shape index (κ2) is 8.27. The lowest BCUT2D eigenvalue weighted by Gasteiger charge is -2.23. The molecule has 2 nitrogen and oxygen atoms in total. The maximum Gasteiger partial charge on any atom is 0.0795 e. The first-order valence-electron chi connectivity index (χ1n) is 12.7. The summed E-state index contributed by atoms with van der Waals surface area (Å²) in [6, 6.07) is 15.7. The summed E-state index contributed by atoms with van der Waals surface area (Å²) < 4.78 is 1.33. The molecule has 0 fully saturated rings. The Hall–Kier alpha value is -3.04. The summed E-state index contributed by atoms with van der Waals surface area (Å²) >= 11 is 1.94. The number of thiophene rings is 1. The lowest BCUT2D eigenvalue weighted by atomic mass is 9.81. The van der Waals surface area contributed by atoms with Crippen LogP contribution in [0.25, 0.3) is 43.2 Å². The third kappa shape index (κ3) is 3.77. The molecule has 0 radical (unpaired) electrons. The predicted molar refractivity (Wildman–Crippen MR) is 150 cm³/mol. The molecule has 3 aromatic heterocycles. The number of pyridine rings is 2. The number of aromatic nitrogens is 2. The Bertz CT molecular complexity index is 1580. The van der Waals surface area contributed by atoms with E-state index in [-0.39, 0.29) is 5.41 Å². The number of nitrogens with zero attached hydrogens (tertiary/aromatic N) is 2. The van der Waals surface area contributed by atoms with E-state index in [1.807, 2.05) is 17.5 Å². The minimum absolute atomic E-state index is 0.0415. The smallest absolute Gasteiger partial charge is 0.0795 e. The molecule has 0 N–H and O–H groups in total. The fourth-order valence-corrected chi connectivity index (χ4v) is 6.95. The summed E-state index contributed by atoms with van der Waals surface area (Å²) in [6.07, 6.45) is 9.46. The monoisotopic (exact) mass is 476 g/mol. The third-order valence-electron chi connectivity index (χ3n) is 7.26. The molecule has 176 valence electrons. The van der Waals surface area contributed by atoms with Gasteiger partial charge in [0, 0.05) is 50.2 Å². The number of fused-ring (bicyclic) bond motifs is 6. The summed E-state index contributed by atoms with van der Waals surface area (Å²) in [7, 11) is 0. The lowest BCUT2D eigenvalue weighted by Crippen LogP contribution is -2.12. The quantitative estimate of drug-likeness (QED) is 0.260. The van der Waals surface area contributed by atoms with Crippen molar-refractivity contribution in [2.45, 2.75) is 59.3 Å². The number of hydrogen-bond acceptors (Lipinski definition) is 3. The largest absolute Gasteiger partial charge is 0.264 e. The fourth-order valence-electron chi connectivity index (χ4n) is 5.74. The Morgan fingerprint density at radius 2 is 1.83 bits per heavy atom. The molecular weight excluding hydrogens is 444 g/mol. The van der Waals surface area contributed by atoms with Gasteiger partial charge in [0.1, 0.15) is 0 Å². The molecule has 1 aliphatic rings. The Balaban J connectivity index is 1.64. The Morgan fingerprint density at radius 3 is 2.63 bits per heavy atom. The number of benzene rings is 2. The highest BCUT2D eigenvalue weighted by atomic mass is 32.1. The van der Waals surface area contributed by atoms with Crippen molar-refractivity contribution in [2.75, 3.05) is 0 Å². The van der Waals surface area contributed by atoms with Crippen LogP contribution in [0.15, 0.2) is 61.1 Å². The van der Waals surface area contributed by atoms with Crippen molar-refractivity contribution in [1.82, 2.24) is 9.97 Å². The second-order valence-electron chi connectivity index (χ2n) is 11.4. The number of rotatable bonds is 3. The highest BCUT2D eigenvalue weighted by Crippen LogP contribution is 2.48. The van der Waals surface area contributed by atoms with Crippen LogP contribution in [0.5, 0.6) is 0 Å². The van der Waals surface area contributed by atoms with Crippen molar-refractivity contribution in [3.05, 3.63) is 82.6 Å². The van der Waals surface area contributed by atoms with Gasteiger partial charge in [-0.05, 0) is 76.3 Å². The van der Waals surface area contributed by atoms with E-state index in [2.05, 4.69) is 89.5 Å². The number of hydrogen-bond donors (Lipinski definition) is 0. The molecule has 3 heteroatoms. The van der Waals surface area contributed by atoms with E-state index in [0.29, 0.717) is 5.92 Å². The van der Waals surface area contributed by atoms with Gasteiger partial charge in [0.25, 0.3) is 0 Å². The molecule has 0 saturated carbocycles. The van der Waals surface area contributed by atoms with E-state index in [4.69, 9.17) is 9.97 Å². The highest BCUT2D eigenvalue weighted by molar-refractivity contribution is 7.19. The van der Waals surface area contributed by atoms with Gasteiger partial charge in [0.15, 0.2) is 0 Å². The normalized spacial score (nSPS) is 13.4. The SMILES string of the molecule is CC(C)Cc1cncc2c1CCc1sc3ccnc(-c4cc(C(C)(C)C)c5ccccc5c4)c3c1-2. The van der Waals surface area contributed by atoms with Gasteiger partial charge in [-0.15, -0.1) is 11.3 Å². The molecular formula is C32H32N2S. The molecule has 0 spiro atoms. The molecule has 0 atom stereocenters. The summed E-state index contributed by atoms with van der Waals surface area (Å²) in [6.45, 7) is 11.5. The molecule has 6 rings (SSSR count). The van der Waals surface area contributed by atoms with Crippen molar-refractivity contribution in [3.8, 4) is 22.4 Å². The molecule has 35 heavy (non-hydrogen) atoms. The van der Waals surface area contributed by atoms with Gasteiger partial charge in [-0.3, -0.25) is 9.97 Å². The first-order valence-corrected chi connectivity index (χ1v) is 13.5. The lowest BCUT2D eigenvalue weighted by molar-refractivity contribution is 0.596. The van der Waals surface area contributed by atoms with Gasteiger partial charge in [-0.25, -0.2) is 0 Å². The van der Waals surface area contributed by atoms with Gasteiger partial charge in [0.2, 0.25) is 0 Å². The molecule has 3 heterocycles. The molecule has 1 aliphatic carbocycles. The Labute approximate surface area is 212 Å². The molecule has 0 unspecified atom stereocenters. The Morgan fingerprint density at radius 1 is 1.00 bits per heavy atom. The first kappa shape index (κ1) is 22.4. The topological polar surface area (TPSA) is 25.8 Å². The van der Waals surface area contributed by atoms with Gasteiger partial charge < -0.3 is 0 Å². The van der Waals surface area contributed by atoms with E-state index in [0.717, 1.165) is 25.0 Å². The Kier molecular flexibility index (Phi) is 5.30.